The molecule has 0 aliphatic carbocycles. The minimum Gasteiger partial charge on any atom is -0.444 e. The molecule has 0 bridgehead atoms. The van der Waals surface area contributed by atoms with Gasteiger partial charge in [-0.2, -0.15) is 4.98 Å². The van der Waals surface area contributed by atoms with Crippen LogP contribution in [0.25, 0.3) is 11.2 Å². The van der Waals surface area contributed by atoms with E-state index in [2.05, 4.69) is 10.2 Å². The molecule has 1 saturated heterocycles. The van der Waals surface area contributed by atoms with Crippen LogP contribution in [0, 0.1) is 0 Å². The zero-order valence-corrected chi connectivity index (χ0v) is 20.8. The fraction of sp³-hybridized carbons (Fsp3) is 0.652. The van der Waals surface area contributed by atoms with E-state index < -0.39 is 17.4 Å². The maximum absolute atomic E-state index is 13.0. The van der Waals surface area contributed by atoms with Crippen molar-refractivity contribution >= 4 is 23.2 Å². The molecule has 0 saturated carbocycles. The molecule has 1 unspecified atom stereocenters. The summed E-state index contributed by atoms with van der Waals surface area (Å²) in [7, 11) is 3.11. The number of anilines is 1. The van der Waals surface area contributed by atoms with Crippen LogP contribution >= 0.6 is 0 Å². The smallest absolute Gasteiger partial charge is 0.407 e. The Kier molecular flexibility index (Phi) is 7.04. The highest BCUT2D eigenvalue weighted by Gasteiger charge is 2.27. The number of imidazole rings is 1. The van der Waals surface area contributed by atoms with Crippen molar-refractivity contribution in [3.8, 4) is 0 Å². The third kappa shape index (κ3) is 5.48. The van der Waals surface area contributed by atoms with Crippen molar-refractivity contribution in [2.75, 3.05) is 18.0 Å². The zero-order valence-electron chi connectivity index (χ0n) is 20.8. The van der Waals surface area contributed by atoms with Gasteiger partial charge in [-0.15, -0.1) is 0 Å². The SMILES string of the molecule is CC(C)=CCn1c(N2CCCCC(NC(=O)OC(C)(C)C)C2)nc2c1c(=O)n(C)c(=O)n2C. The number of carbonyl (C=O) groups excluding carboxylic acids is 1. The number of fused-ring (bicyclic) bond motifs is 1. The number of alkyl carbamates (subject to hydrolysis) is 1. The standard InChI is InChI=1S/C23H36N6O4/c1-15(2)11-13-29-17-18(26(6)22(32)27(7)19(17)30)25-20(29)28-12-9-8-10-16(14-28)24-21(31)33-23(3,4)5/h11,16H,8-10,12-14H2,1-7H3,(H,24,31). The number of aryl methyl sites for hydroxylation is 1. The molecule has 10 heteroatoms. The Morgan fingerprint density at radius 1 is 1.18 bits per heavy atom. The third-order valence-electron chi connectivity index (χ3n) is 5.69. The molecule has 2 aromatic heterocycles. The van der Waals surface area contributed by atoms with Crippen molar-refractivity contribution in [1.82, 2.24) is 24.0 Å². The molecule has 1 aliphatic heterocycles. The van der Waals surface area contributed by atoms with Gasteiger partial charge in [-0.3, -0.25) is 13.9 Å². The van der Waals surface area contributed by atoms with Gasteiger partial charge >= 0.3 is 11.8 Å². The monoisotopic (exact) mass is 460 g/mol. The summed E-state index contributed by atoms with van der Waals surface area (Å²) in [4.78, 5) is 44.8. The molecule has 3 heterocycles. The fourth-order valence-electron chi connectivity index (χ4n) is 4.04. The quantitative estimate of drug-likeness (QED) is 0.702. The second-order valence-corrected chi connectivity index (χ2v) is 9.97. The molecular weight excluding hydrogens is 424 g/mol. The van der Waals surface area contributed by atoms with Crippen LogP contribution in [0.4, 0.5) is 10.7 Å². The molecular formula is C23H36N6O4. The van der Waals surface area contributed by atoms with Gasteiger partial charge < -0.3 is 19.5 Å². The summed E-state index contributed by atoms with van der Waals surface area (Å²) in [5, 5.41) is 2.99. The lowest BCUT2D eigenvalue weighted by Crippen LogP contribution is -2.45. The molecule has 0 spiro atoms. The summed E-state index contributed by atoms with van der Waals surface area (Å²) in [5.41, 5.74) is 0.523. The molecule has 1 N–H and O–H groups in total. The van der Waals surface area contributed by atoms with Crippen molar-refractivity contribution in [2.45, 2.75) is 72.1 Å². The molecule has 3 rings (SSSR count). The lowest BCUT2D eigenvalue weighted by molar-refractivity contribution is 0.0504. The molecule has 182 valence electrons. The maximum atomic E-state index is 13.0. The Balaban J connectivity index is 2.04. The van der Waals surface area contributed by atoms with Crippen LogP contribution in [0.2, 0.25) is 0 Å². The minimum absolute atomic E-state index is 0.120. The molecule has 2 aromatic rings. The Hall–Kier alpha value is -3.04. The Labute approximate surface area is 193 Å². The van der Waals surface area contributed by atoms with E-state index in [1.807, 2.05) is 45.3 Å². The van der Waals surface area contributed by atoms with Crippen LogP contribution in [-0.4, -0.2) is 49.5 Å². The van der Waals surface area contributed by atoms with Crippen LogP contribution < -0.4 is 21.5 Å². The number of rotatable bonds is 4. The number of ether oxygens (including phenoxy) is 1. The second kappa shape index (κ2) is 9.44. The van der Waals surface area contributed by atoms with Crippen molar-refractivity contribution < 1.29 is 9.53 Å². The number of aromatic nitrogens is 4. The molecule has 0 radical (unpaired) electrons. The van der Waals surface area contributed by atoms with Gasteiger partial charge in [0.1, 0.15) is 5.60 Å². The molecule has 1 amide bonds. The van der Waals surface area contributed by atoms with Crippen molar-refractivity contribution in [1.29, 1.82) is 0 Å². The normalized spacial score (nSPS) is 17.1. The van der Waals surface area contributed by atoms with E-state index in [-0.39, 0.29) is 11.6 Å². The number of amides is 1. The van der Waals surface area contributed by atoms with Gasteiger partial charge in [-0.1, -0.05) is 11.6 Å². The molecule has 10 nitrogen and oxygen atoms in total. The minimum atomic E-state index is -0.572. The third-order valence-corrected chi connectivity index (χ3v) is 5.69. The van der Waals surface area contributed by atoms with E-state index in [0.29, 0.717) is 30.2 Å². The topological polar surface area (TPSA) is 103 Å². The van der Waals surface area contributed by atoms with Crippen molar-refractivity contribution in [3.05, 3.63) is 32.5 Å². The summed E-state index contributed by atoms with van der Waals surface area (Å²) < 4.78 is 9.84. The van der Waals surface area contributed by atoms with Gasteiger partial charge in [0, 0.05) is 39.8 Å². The Bertz CT molecular complexity index is 1180. The first-order valence-electron chi connectivity index (χ1n) is 11.4. The average Bonchev–Trinajstić information content (AvgIpc) is 2.94. The fourth-order valence-corrected chi connectivity index (χ4v) is 4.04. The summed E-state index contributed by atoms with van der Waals surface area (Å²) in [5.74, 6) is 0.624. The first kappa shape index (κ1) is 24.6. The maximum Gasteiger partial charge on any atom is 0.407 e. The van der Waals surface area contributed by atoms with Crippen LogP contribution in [-0.2, 0) is 25.4 Å². The highest BCUT2D eigenvalue weighted by Crippen LogP contribution is 2.23. The summed E-state index contributed by atoms with van der Waals surface area (Å²) in [6, 6.07) is -0.120. The van der Waals surface area contributed by atoms with Crippen molar-refractivity contribution in [3.63, 3.8) is 0 Å². The first-order chi connectivity index (χ1) is 15.4. The van der Waals surface area contributed by atoms with E-state index in [1.54, 1.807) is 7.05 Å². The number of hydrogen-bond acceptors (Lipinski definition) is 6. The molecule has 1 fully saturated rings. The first-order valence-corrected chi connectivity index (χ1v) is 11.4. The molecule has 1 aliphatic rings. The van der Waals surface area contributed by atoms with Gasteiger partial charge in [0.25, 0.3) is 5.56 Å². The van der Waals surface area contributed by atoms with Crippen molar-refractivity contribution in [2.24, 2.45) is 14.1 Å². The predicted molar refractivity (Wildman–Crippen MR) is 129 cm³/mol. The molecule has 1 atom stereocenters. The number of hydrogen-bond donors (Lipinski definition) is 1. The lowest BCUT2D eigenvalue weighted by Gasteiger charge is -2.27. The zero-order chi connectivity index (χ0) is 24.5. The van der Waals surface area contributed by atoms with E-state index in [4.69, 9.17) is 9.72 Å². The number of allylic oxidation sites excluding steroid dienone is 2. The average molecular weight is 461 g/mol. The van der Waals surface area contributed by atoms with E-state index in [1.165, 1.54) is 11.6 Å². The highest BCUT2D eigenvalue weighted by atomic mass is 16.6. The number of carbonyl (C=O) groups is 1. The number of nitrogens with one attached hydrogen (secondary N) is 1. The molecule has 33 heavy (non-hydrogen) atoms. The summed E-state index contributed by atoms with van der Waals surface area (Å²) in [6.45, 7) is 11.2. The van der Waals surface area contributed by atoms with E-state index >= 15 is 0 Å². The Morgan fingerprint density at radius 2 is 1.88 bits per heavy atom. The number of nitrogens with zero attached hydrogens (tertiary/aromatic N) is 5. The van der Waals surface area contributed by atoms with Gasteiger partial charge in [-0.05, 0) is 53.9 Å². The molecule has 0 aromatic carbocycles. The van der Waals surface area contributed by atoms with Crippen LogP contribution in [0.15, 0.2) is 21.2 Å². The van der Waals surface area contributed by atoms with Crippen LogP contribution in [0.3, 0.4) is 0 Å². The van der Waals surface area contributed by atoms with Gasteiger partial charge in [-0.25, -0.2) is 9.59 Å². The summed E-state index contributed by atoms with van der Waals surface area (Å²) in [6.07, 6.45) is 4.29. The lowest BCUT2D eigenvalue weighted by atomic mass is 10.1. The van der Waals surface area contributed by atoms with Gasteiger partial charge in [0.05, 0.1) is 0 Å². The van der Waals surface area contributed by atoms with Gasteiger partial charge in [0.2, 0.25) is 5.95 Å². The Morgan fingerprint density at radius 3 is 2.52 bits per heavy atom. The van der Waals surface area contributed by atoms with E-state index in [9.17, 15) is 14.4 Å². The predicted octanol–water partition coefficient (Wildman–Crippen LogP) is 2.28. The highest BCUT2D eigenvalue weighted by molar-refractivity contribution is 5.75. The summed E-state index contributed by atoms with van der Waals surface area (Å²) >= 11 is 0. The van der Waals surface area contributed by atoms with Crippen LogP contribution in [0.1, 0.15) is 53.9 Å². The van der Waals surface area contributed by atoms with Gasteiger partial charge in [0.15, 0.2) is 11.2 Å². The largest absolute Gasteiger partial charge is 0.444 e. The van der Waals surface area contributed by atoms with E-state index in [0.717, 1.165) is 35.9 Å². The van der Waals surface area contributed by atoms with Crippen LogP contribution in [0.5, 0.6) is 0 Å². The second-order valence-electron chi connectivity index (χ2n) is 9.97.